The molecular formula is C22H35N3O3. The van der Waals surface area contributed by atoms with Crippen LogP contribution >= 0.6 is 0 Å². The molecule has 0 aromatic heterocycles. The molecule has 2 rings (SSSR count). The number of aryl methyl sites for hydroxylation is 2. The van der Waals surface area contributed by atoms with Gasteiger partial charge in [-0.05, 0) is 83.2 Å². The third kappa shape index (κ3) is 7.15. The Morgan fingerprint density at radius 2 is 1.96 bits per heavy atom. The third-order valence-corrected chi connectivity index (χ3v) is 5.00. The van der Waals surface area contributed by atoms with Crippen LogP contribution in [0, 0.1) is 19.8 Å². The molecule has 0 aliphatic carbocycles. The fourth-order valence-corrected chi connectivity index (χ4v) is 3.47. The zero-order valence-corrected chi connectivity index (χ0v) is 18.2. The van der Waals surface area contributed by atoms with Gasteiger partial charge >= 0.3 is 6.09 Å². The quantitative estimate of drug-likeness (QED) is 0.832. The number of piperidine rings is 1. The van der Waals surface area contributed by atoms with E-state index in [1.807, 2.05) is 45.9 Å². The van der Waals surface area contributed by atoms with Crippen molar-refractivity contribution in [3.63, 3.8) is 0 Å². The van der Waals surface area contributed by atoms with E-state index in [0.717, 1.165) is 31.6 Å². The van der Waals surface area contributed by atoms with E-state index in [4.69, 9.17) is 4.74 Å². The standard InChI is InChI=1S/C22H35N3O3/c1-16-9-10-19(12-17(16)2)23-20(26)15-25-11-7-8-18(14-25)13-24(6)21(27)28-22(3,4)5/h9-10,12,18H,7-8,11,13-15H2,1-6H3,(H,23,26). The van der Waals surface area contributed by atoms with Crippen LogP contribution in [0.3, 0.4) is 0 Å². The summed E-state index contributed by atoms with van der Waals surface area (Å²) >= 11 is 0. The molecule has 1 aliphatic rings. The lowest BCUT2D eigenvalue weighted by molar-refractivity contribution is -0.117. The van der Waals surface area contributed by atoms with Crippen molar-refractivity contribution in [2.45, 2.75) is 53.1 Å². The number of nitrogens with zero attached hydrogens (tertiary/aromatic N) is 2. The van der Waals surface area contributed by atoms with Crippen LogP contribution < -0.4 is 5.32 Å². The molecule has 1 unspecified atom stereocenters. The summed E-state index contributed by atoms with van der Waals surface area (Å²) in [6.45, 7) is 12.5. The van der Waals surface area contributed by atoms with Crippen LogP contribution in [0.4, 0.5) is 10.5 Å². The average molecular weight is 390 g/mol. The minimum atomic E-state index is -0.490. The van der Waals surface area contributed by atoms with E-state index in [1.54, 1.807) is 11.9 Å². The van der Waals surface area contributed by atoms with Crippen molar-refractivity contribution < 1.29 is 14.3 Å². The lowest BCUT2D eigenvalue weighted by Crippen LogP contribution is -2.45. The average Bonchev–Trinajstić information content (AvgIpc) is 2.57. The van der Waals surface area contributed by atoms with Gasteiger partial charge in [0.2, 0.25) is 5.91 Å². The predicted octanol–water partition coefficient (Wildman–Crippen LogP) is 3.82. The summed E-state index contributed by atoms with van der Waals surface area (Å²) in [5, 5.41) is 2.99. The van der Waals surface area contributed by atoms with Gasteiger partial charge in [-0.25, -0.2) is 4.79 Å². The van der Waals surface area contributed by atoms with Gasteiger partial charge in [0.25, 0.3) is 0 Å². The van der Waals surface area contributed by atoms with Gasteiger partial charge in [0, 0.05) is 25.8 Å². The first-order valence-electron chi connectivity index (χ1n) is 10.1. The maximum Gasteiger partial charge on any atom is 0.410 e. The molecule has 0 radical (unpaired) electrons. The number of carbonyl (C=O) groups is 2. The first-order chi connectivity index (χ1) is 13.0. The number of hydrogen-bond acceptors (Lipinski definition) is 4. The van der Waals surface area contributed by atoms with Gasteiger partial charge in [-0.1, -0.05) is 6.07 Å². The first kappa shape index (κ1) is 22.2. The van der Waals surface area contributed by atoms with Gasteiger partial charge in [-0.3, -0.25) is 9.69 Å². The topological polar surface area (TPSA) is 61.9 Å². The largest absolute Gasteiger partial charge is 0.444 e. The molecule has 1 saturated heterocycles. The molecule has 0 saturated carbocycles. The summed E-state index contributed by atoms with van der Waals surface area (Å²) < 4.78 is 5.43. The van der Waals surface area contributed by atoms with Crippen molar-refractivity contribution in [1.29, 1.82) is 0 Å². The van der Waals surface area contributed by atoms with E-state index >= 15 is 0 Å². The SMILES string of the molecule is Cc1ccc(NC(=O)CN2CCCC(CN(C)C(=O)OC(C)(C)C)C2)cc1C. The van der Waals surface area contributed by atoms with Crippen molar-refractivity contribution in [2.24, 2.45) is 5.92 Å². The lowest BCUT2D eigenvalue weighted by Gasteiger charge is -2.34. The number of hydrogen-bond donors (Lipinski definition) is 1. The number of ether oxygens (including phenoxy) is 1. The number of amides is 2. The number of nitrogens with one attached hydrogen (secondary N) is 1. The second-order valence-corrected chi connectivity index (χ2v) is 8.95. The molecule has 1 aliphatic heterocycles. The van der Waals surface area contributed by atoms with Crippen LogP contribution in [0.15, 0.2) is 18.2 Å². The minimum Gasteiger partial charge on any atom is -0.444 e. The number of rotatable bonds is 5. The van der Waals surface area contributed by atoms with E-state index in [0.29, 0.717) is 19.0 Å². The molecule has 1 N–H and O–H groups in total. The highest BCUT2D eigenvalue weighted by Gasteiger charge is 2.26. The summed E-state index contributed by atoms with van der Waals surface area (Å²) in [5.74, 6) is 0.352. The van der Waals surface area contributed by atoms with Crippen LogP contribution in [0.5, 0.6) is 0 Å². The number of carbonyl (C=O) groups excluding carboxylic acids is 2. The van der Waals surface area contributed by atoms with Crippen molar-refractivity contribution in [1.82, 2.24) is 9.80 Å². The maximum absolute atomic E-state index is 12.4. The third-order valence-electron chi connectivity index (χ3n) is 5.00. The van der Waals surface area contributed by atoms with E-state index in [1.165, 1.54) is 11.1 Å². The first-order valence-corrected chi connectivity index (χ1v) is 10.1. The molecule has 1 fully saturated rings. The molecule has 2 amide bonds. The normalized spacial score (nSPS) is 17.9. The molecule has 1 aromatic rings. The summed E-state index contributed by atoms with van der Waals surface area (Å²) in [7, 11) is 1.78. The molecule has 1 aromatic carbocycles. The van der Waals surface area contributed by atoms with Crippen molar-refractivity contribution >= 4 is 17.7 Å². The minimum absolute atomic E-state index is 0.00407. The molecule has 0 bridgehead atoms. The second kappa shape index (κ2) is 9.41. The Kier molecular flexibility index (Phi) is 7.47. The Morgan fingerprint density at radius 1 is 1.25 bits per heavy atom. The molecule has 6 nitrogen and oxygen atoms in total. The van der Waals surface area contributed by atoms with Crippen LogP contribution in [-0.4, -0.2) is 60.6 Å². The Bertz CT molecular complexity index is 697. The number of anilines is 1. The van der Waals surface area contributed by atoms with Crippen molar-refractivity contribution in [3.05, 3.63) is 29.3 Å². The van der Waals surface area contributed by atoms with Gasteiger partial charge in [0.05, 0.1) is 6.54 Å². The van der Waals surface area contributed by atoms with Crippen LogP contribution in [0.25, 0.3) is 0 Å². The number of benzene rings is 1. The van der Waals surface area contributed by atoms with E-state index < -0.39 is 5.60 Å². The van der Waals surface area contributed by atoms with Gasteiger partial charge in [-0.15, -0.1) is 0 Å². The molecular weight excluding hydrogens is 354 g/mol. The Morgan fingerprint density at radius 3 is 2.61 bits per heavy atom. The van der Waals surface area contributed by atoms with Crippen LogP contribution in [0.1, 0.15) is 44.7 Å². The molecule has 1 heterocycles. The highest BCUT2D eigenvalue weighted by molar-refractivity contribution is 5.92. The maximum atomic E-state index is 12.4. The molecule has 28 heavy (non-hydrogen) atoms. The Hall–Kier alpha value is -2.08. The van der Waals surface area contributed by atoms with Gasteiger partial charge < -0.3 is 15.0 Å². The summed E-state index contributed by atoms with van der Waals surface area (Å²) in [6, 6.07) is 5.96. The summed E-state index contributed by atoms with van der Waals surface area (Å²) in [4.78, 5) is 28.4. The number of likely N-dealkylation sites (tertiary alicyclic amines) is 1. The monoisotopic (exact) mass is 389 g/mol. The van der Waals surface area contributed by atoms with Gasteiger partial charge in [-0.2, -0.15) is 0 Å². The summed E-state index contributed by atoms with van der Waals surface area (Å²) in [5.41, 5.74) is 2.73. The zero-order valence-electron chi connectivity index (χ0n) is 18.2. The zero-order chi connectivity index (χ0) is 20.9. The Balaban J connectivity index is 1.82. The van der Waals surface area contributed by atoms with Gasteiger partial charge in [0.15, 0.2) is 0 Å². The lowest BCUT2D eigenvalue weighted by atomic mass is 9.97. The van der Waals surface area contributed by atoms with Crippen molar-refractivity contribution in [3.8, 4) is 0 Å². The Labute approximate surface area is 169 Å². The van der Waals surface area contributed by atoms with E-state index in [2.05, 4.69) is 17.1 Å². The second-order valence-electron chi connectivity index (χ2n) is 8.95. The van der Waals surface area contributed by atoms with E-state index in [9.17, 15) is 9.59 Å². The van der Waals surface area contributed by atoms with Gasteiger partial charge in [0.1, 0.15) is 5.60 Å². The fourth-order valence-electron chi connectivity index (χ4n) is 3.47. The highest BCUT2D eigenvalue weighted by atomic mass is 16.6. The van der Waals surface area contributed by atoms with Crippen LogP contribution in [0.2, 0.25) is 0 Å². The molecule has 0 spiro atoms. The molecule has 6 heteroatoms. The molecule has 1 atom stereocenters. The predicted molar refractivity (Wildman–Crippen MR) is 113 cm³/mol. The highest BCUT2D eigenvalue weighted by Crippen LogP contribution is 2.19. The fraction of sp³-hybridized carbons (Fsp3) is 0.636. The van der Waals surface area contributed by atoms with E-state index in [-0.39, 0.29) is 12.0 Å². The van der Waals surface area contributed by atoms with Crippen molar-refractivity contribution in [2.75, 3.05) is 38.5 Å². The smallest absolute Gasteiger partial charge is 0.410 e. The summed E-state index contributed by atoms with van der Waals surface area (Å²) in [6.07, 6.45) is 1.80. The molecule has 156 valence electrons. The van der Waals surface area contributed by atoms with Crippen LogP contribution in [-0.2, 0) is 9.53 Å².